The number of benzene rings is 2. The van der Waals surface area contributed by atoms with Gasteiger partial charge in [0.05, 0.1) is 12.7 Å². The first-order valence-corrected chi connectivity index (χ1v) is 8.51. The molecular formula is C20H17FN4O2. The fourth-order valence-corrected chi connectivity index (χ4v) is 3.28. The van der Waals surface area contributed by atoms with E-state index in [1.165, 1.54) is 13.1 Å². The molecule has 1 amide bonds. The Bertz CT molecular complexity index is 1230. The van der Waals surface area contributed by atoms with Crippen molar-refractivity contribution in [3.63, 3.8) is 0 Å². The fraction of sp³-hybridized carbons (Fsp3) is 0.150. The van der Waals surface area contributed by atoms with Crippen molar-refractivity contribution in [2.45, 2.75) is 13.1 Å². The van der Waals surface area contributed by atoms with Crippen molar-refractivity contribution in [3.05, 3.63) is 76.5 Å². The number of aromatic nitrogens is 3. The molecule has 0 fully saturated rings. The summed E-state index contributed by atoms with van der Waals surface area (Å²) in [5.41, 5.74) is 1.31. The minimum atomic E-state index is -0.386. The number of nitrogens with zero attached hydrogens (tertiary/aromatic N) is 3. The number of likely N-dealkylation sites (N-methyl/N-ethyl adjacent to an activating group) is 1. The number of carbonyl (C=O) groups is 1. The summed E-state index contributed by atoms with van der Waals surface area (Å²) in [6.07, 6.45) is 1.58. The number of fused-ring (bicyclic) bond motifs is 3. The van der Waals surface area contributed by atoms with Crippen LogP contribution in [0.2, 0.25) is 0 Å². The van der Waals surface area contributed by atoms with Crippen molar-refractivity contribution in [3.8, 4) is 0 Å². The van der Waals surface area contributed by atoms with E-state index in [1.807, 2.05) is 24.3 Å². The quantitative estimate of drug-likeness (QED) is 0.604. The lowest BCUT2D eigenvalue weighted by Gasteiger charge is -2.09. The highest BCUT2D eigenvalue weighted by molar-refractivity contribution is 6.07. The third-order valence-electron chi connectivity index (χ3n) is 4.63. The van der Waals surface area contributed by atoms with Crippen LogP contribution in [0.25, 0.3) is 21.8 Å². The van der Waals surface area contributed by atoms with Crippen LogP contribution in [0, 0.1) is 5.82 Å². The maximum Gasteiger partial charge on any atom is 0.291 e. The van der Waals surface area contributed by atoms with Crippen LogP contribution in [0.15, 0.2) is 59.5 Å². The van der Waals surface area contributed by atoms with Gasteiger partial charge >= 0.3 is 0 Å². The van der Waals surface area contributed by atoms with Crippen molar-refractivity contribution in [2.75, 3.05) is 7.05 Å². The molecule has 6 nitrogen and oxygen atoms in total. The monoisotopic (exact) mass is 364 g/mol. The summed E-state index contributed by atoms with van der Waals surface area (Å²) in [6.45, 7) is 0.0302. The van der Waals surface area contributed by atoms with E-state index in [1.54, 1.807) is 29.0 Å². The highest BCUT2D eigenvalue weighted by atomic mass is 19.1. The predicted molar refractivity (Wildman–Crippen MR) is 101 cm³/mol. The smallest absolute Gasteiger partial charge is 0.291 e. The van der Waals surface area contributed by atoms with Gasteiger partial charge in [0, 0.05) is 28.9 Å². The second kappa shape index (κ2) is 6.68. The van der Waals surface area contributed by atoms with Crippen LogP contribution in [0.3, 0.4) is 0 Å². The predicted octanol–water partition coefficient (Wildman–Crippen LogP) is 2.28. The van der Waals surface area contributed by atoms with Gasteiger partial charge in [-0.05, 0) is 12.1 Å². The average Bonchev–Trinajstić information content (AvgIpc) is 3.00. The molecule has 2 aromatic heterocycles. The third kappa shape index (κ3) is 2.87. The Morgan fingerprint density at radius 1 is 1.11 bits per heavy atom. The van der Waals surface area contributed by atoms with Crippen molar-refractivity contribution < 1.29 is 9.18 Å². The van der Waals surface area contributed by atoms with Crippen molar-refractivity contribution in [1.29, 1.82) is 0 Å². The molecular weight excluding hydrogens is 347 g/mol. The minimum Gasteiger partial charge on any atom is -0.358 e. The maximum atomic E-state index is 14.2. The Kier molecular flexibility index (Phi) is 4.19. The number of amides is 1. The van der Waals surface area contributed by atoms with Crippen molar-refractivity contribution >= 4 is 27.7 Å². The normalized spacial score (nSPS) is 11.2. The second-order valence-corrected chi connectivity index (χ2v) is 6.24. The fourth-order valence-electron chi connectivity index (χ4n) is 3.28. The van der Waals surface area contributed by atoms with Gasteiger partial charge < -0.3 is 9.88 Å². The van der Waals surface area contributed by atoms with Crippen LogP contribution < -0.4 is 10.9 Å². The van der Waals surface area contributed by atoms with Crippen LogP contribution in [-0.4, -0.2) is 27.3 Å². The highest BCUT2D eigenvalue weighted by Crippen LogP contribution is 2.27. The molecule has 0 aliphatic carbocycles. The SMILES string of the molecule is CNC(=O)Cn1ncc2c3ccccc3n(Cc3ccccc3F)c2c1=O. The molecule has 0 saturated heterocycles. The summed E-state index contributed by atoms with van der Waals surface area (Å²) < 4.78 is 17.1. The van der Waals surface area contributed by atoms with Crippen molar-refractivity contribution in [2.24, 2.45) is 0 Å². The summed E-state index contributed by atoms with van der Waals surface area (Å²) in [7, 11) is 1.50. The lowest BCUT2D eigenvalue weighted by Crippen LogP contribution is -2.32. The molecule has 0 unspecified atom stereocenters. The van der Waals surface area contributed by atoms with Gasteiger partial charge in [-0.25, -0.2) is 9.07 Å². The lowest BCUT2D eigenvalue weighted by atomic mass is 10.2. The molecule has 1 N–H and O–H groups in total. The molecule has 0 aliphatic heterocycles. The first-order chi connectivity index (χ1) is 13.1. The number of hydrogen-bond acceptors (Lipinski definition) is 3. The average molecular weight is 364 g/mol. The Hall–Kier alpha value is -3.48. The number of para-hydroxylation sites is 1. The zero-order valence-electron chi connectivity index (χ0n) is 14.6. The number of carbonyl (C=O) groups excluding carboxylic acids is 1. The van der Waals surface area contributed by atoms with Gasteiger partial charge in [0.25, 0.3) is 5.56 Å². The molecule has 0 spiro atoms. The van der Waals surface area contributed by atoms with Crippen LogP contribution in [0.1, 0.15) is 5.56 Å². The van der Waals surface area contributed by atoms with E-state index in [-0.39, 0.29) is 30.4 Å². The summed E-state index contributed by atoms with van der Waals surface area (Å²) in [5.74, 6) is -0.649. The molecule has 136 valence electrons. The van der Waals surface area contributed by atoms with Crippen LogP contribution in [0.4, 0.5) is 4.39 Å². The first-order valence-electron chi connectivity index (χ1n) is 8.51. The topological polar surface area (TPSA) is 68.9 Å². The Morgan fingerprint density at radius 3 is 2.63 bits per heavy atom. The molecule has 0 atom stereocenters. The summed E-state index contributed by atoms with van der Waals surface area (Å²) in [5, 5.41) is 8.16. The van der Waals surface area contributed by atoms with Crippen LogP contribution in [-0.2, 0) is 17.9 Å². The zero-order valence-corrected chi connectivity index (χ0v) is 14.6. The van der Waals surface area contributed by atoms with Gasteiger partial charge in [0.1, 0.15) is 17.9 Å². The minimum absolute atomic E-state index is 0.174. The second-order valence-electron chi connectivity index (χ2n) is 6.24. The lowest BCUT2D eigenvalue weighted by molar-refractivity contribution is -0.121. The van der Waals surface area contributed by atoms with Gasteiger partial charge in [0.15, 0.2) is 0 Å². The summed E-state index contributed by atoms with van der Waals surface area (Å²) in [6, 6.07) is 14.0. The molecule has 7 heteroatoms. The van der Waals surface area contributed by atoms with Gasteiger partial charge in [0.2, 0.25) is 5.91 Å². The number of nitrogens with one attached hydrogen (secondary N) is 1. The van der Waals surface area contributed by atoms with E-state index >= 15 is 0 Å². The van der Waals surface area contributed by atoms with E-state index in [0.29, 0.717) is 16.5 Å². The first kappa shape index (κ1) is 17.0. The molecule has 2 heterocycles. The van der Waals surface area contributed by atoms with Gasteiger partial charge in [-0.2, -0.15) is 5.10 Å². The molecule has 4 rings (SSSR count). The molecule has 27 heavy (non-hydrogen) atoms. The molecule has 0 aliphatic rings. The molecule has 2 aromatic carbocycles. The van der Waals surface area contributed by atoms with Crippen molar-refractivity contribution in [1.82, 2.24) is 19.7 Å². The van der Waals surface area contributed by atoms with E-state index in [4.69, 9.17) is 0 Å². The van der Waals surface area contributed by atoms with Gasteiger partial charge in [-0.1, -0.05) is 36.4 Å². The Labute approximate surface area is 153 Å². The highest BCUT2D eigenvalue weighted by Gasteiger charge is 2.17. The summed E-state index contributed by atoms with van der Waals surface area (Å²) >= 11 is 0. The third-order valence-corrected chi connectivity index (χ3v) is 4.63. The number of rotatable bonds is 4. The maximum absolute atomic E-state index is 14.2. The molecule has 0 radical (unpaired) electrons. The molecule has 0 bridgehead atoms. The van der Waals surface area contributed by atoms with Crippen LogP contribution >= 0.6 is 0 Å². The van der Waals surface area contributed by atoms with Gasteiger partial charge in [-0.15, -0.1) is 0 Å². The van der Waals surface area contributed by atoms with E-state index < -0.39 is 0 Å². The van der Waals surface area contributed by atoms with E-state index in [2.05, 4.69) is 10.4 Å². The number of hydrogen-bond donors (Lipinski definition) is 1. The Morgan fingerprint density at radius 2 is 1.85 bits per heavy atom. The van der Waals surface area contributed by atoms with Crippen LogP contribution in [0.5, 0.6) is 0 Å². The zero-order chi connectivity index (χ0) is 19.0. The Balaban J connectivity index is 1.99. The molecule has 4 aromatic rings. The standard InChI is InChI=1S/C20H17FN4O2/c1-22-18(26)12-25-20(27)19-15(10-23-25)14-7-3-5-9-17(14)24(19)11-13-6-2-4-8-16(13)21/h2-10H,11-12H2,1H3,(H,22,26). The van der Waals surface area contributed by atoms with E-state index in [0.717, 1.165) is 15.6 Å². The summed E-state index contributed by atoms with van der Waals surface area (Å²) in [4.78, 5) is 24.7. The number of halogens is 1. The largest absolute Gasteiger partial charge is 0.358 e. The van der Waals surface area contributed by atoms with E-state index in [9.17, 15) is 14.0 Å². The molecule has 0 saturated carbocycles. The van der Waals surface area contributed by atoms with Gasteiger partial charge in [-0.3, -0.25) is 9.59 Å².